The van der Waals surface area contributed by atoms with Crippen LogP contribution in [0.15, 0.2) is 53.5 Å². The average molecular weight is 233 g/mol. The Kier molecular flexibility index (Phi) is 1.88. The van der Waals surface area contributed by atoms with E-state index >= 15 is 0 Å². The lowest BCUT2D eigenvalue weighted by atomic mass is 10.1. The highest BCUT2D eigenvalue weighted by Gasteiger charge is 2.19. The van der Waals surface area contributed by atoms with Crippen LogP contribution in [0.2, 0.25) is 0 Å². The molecule has 3 aromatic rings. The predicted molar refractivity (Wildman–Crippen MR) is 71.9 cm³/mol. The molecule has 0 spiro atoms. The summed E-state index contributed by atoms with van der Waals surface area (Å²) in [5.74, 6) is 0.862. The number of aromatic amines is 1. The van der Waals surface area contributed by atoms with Gasteiger partial charge in [-0.2, -0.15) is 0 Å². The summed E-state index contributed by atoms with van der Waals surface area (Å²) < 4.78 is 0. The zero-order valence-corrected chi connectivity index (χ0v) is 9.72. The number of imidazole rings is 1. The third kappa shape index (κ3) is 1.31. The molecule has 1 aromatic heterocycles. The van der Waals surface area contributed by atoms with Crippen LogP contribution < -0.4 is 0 Å². The van der Waals surface area contributed by atoms with Gasteiger partial charge in [-0.1, -0.05) is 36.4 Å². The number of fused-ring (bicyclic) bond motifs is 2. The molecule has 1 aliphatic rings. The molecule has 0 unspecified atom stereocenters. The molecule has 3 heteroatoms. The molecule has 0 bridgehead atoms. The first-order chi connectivity index (χ1) is 8.92. The molecule has 0 saturated heterocycles. The largest absolute Gasteiger partial charge is 0.337 e. The van der Waals surface area contributed by atoms with Crippen molar-refractivity contribution in [2.24, 2.45) is 4.99 Å². The van der Waals surface area contributed by atoms with Gasteiger partial charge in [-0.25, -0.2) is 4.98 Å². The van der Waals surface area contributed by atoms with Gasteiger partial charge in [0.2, 0.25) is 0 Å². The highest BCUT2D eigenvalue weighted by atomic mass is 15.0. The van der Waals surface area contributed by atoms with Crippen LogP contribution in [0.5, 0.6) is 0 Å². The molecule has 0 saturated carbocycles. The maximum absolute atomic E-state index is 4.61. The first-order valence-corrected chi connectivity index (χ1v) is 6.00. The number of hydrogen-bond donors (Lipinski definition) is 1. The SMILES string of the molecule is c1ccc2c(c1)CN=C2c1nc2ccccc2[nH]1. The summed E-state index contributed by atoms with van der Waals surface area (Å²) in [5, 5.41) is 0. The Balaban J connectivity index is 1.89. The van der Waals surface area contributed by atoms with Crippen LogP contribution in [0.4, 0.5) is 0 Å². The van der Waals surface area contributed by atoms with E-state index in [2.05, 4.69) is 33.2 Å². The summed E-state index contributed by atoms with van der Waals surface area (Å²) >= 11 is 0. The third-order valence-electron chi connectivity index (χ3n) is 3.29. The Morgan fingerprint density at radius 2 is 1.78 bits per heavy atom. The van der Waals surface area contributed by atoms with Crippen LogP contribution >= 0.6 is 0 Å². The van der Waals surface area contributed by atoms with Crippen molar-refractivity contribution < 1.29 is 0 Å². The number of nitrogens with one attached hydrogen (secondary N) is 1. The number of benzene rings is 2. The summed E-state index contributed by atoms with van der Waals surface area (Å²) in [4.78, 5) is 12.5. The van der Waals surface area contributed by atoms with Gasteiger partial charge in [-0.15, -0.1) is 0 Å². The van der Waals surface area contributed by atoms with Crippen LogP contribution in [0, 0.1) is 0 Å². The molecule has 1 aliphatic heterocycles. The second-order valence-corrected chi connectivity index (χ2v) is 4.42. The minimum Gasteiger partial charge on any atom is -0.337 e. The van der Waals surface area contributed by atoms with Gasteiger partial charge in [0.05, 0.1) is 17.6 Å². The van der Waals surface area contributed by atoms with Crippen LogP contribution in [0.1, 0.15) is 17.0 Å². The number of H-pyrrole nitrogens is 1. The molecule has 86 valence electrons. The summed E-state index contributed by atoms with van der Waals surface area (Å²) in [6.45, 7) is 0.753. The van der Waals surface area contributed by atoms with Crippen molar-refractivity contribution in [1.29, 1.82) is 0 Å². The average Bonchev–Trinajstić information content (AvgIpc) is 3.02. The van der Waals surface area contributed by atoms with Gasteiger partial charge in [0.15, 0.2) is 5.82 Å². The van der Waals surface area contributed by atoms with Crippen molar-refractivity contribution >= 4 is 16.7 Å². The minimum atomic E-state index is 0.753. The van der Waals surface area contributed by atoms with Crippen molar-refractivity contribution in [1.82, 2.24) is 9.97 Å². The smallest absolute Gasteiger partial charge is 0.157 e. The molecule has 2 aromatic carbocycles. The van der Waals surface area contributed by atoms with Gasteiger partial charge in [0.1, 0.15) is 5.71 Å². The zero-order valence-electron chi connectivity index (χ0n) is 9.72. The Bertz CT molecular complexity index is 735. The lowest BCUT2D eigenvalue weighted by molar-refractivity contribution is 1.10. The highest BCUT2D eigenvalue weighted by molar-refractivity contribution is 6.14. The fraction of sp³-hybridized carbons (Fsp3) is 0.0667. The van der Waals surface area contributed by atoms with E-state index in [-0.39, 0.29) is 0 Å². The van der Waals surface area contributed by atoms with Crippen LogP contribution in [-0.2, 0) is 6.54 Å². The van der Waals surface area contributed by atoms with Gasteiger partial charge in [0, 0.05) is 5.56 Å². The summed E-state index contributed by atoms with van der Waals surface area (Å²) in [6, 6.07) is 16.4. The Morgan fingerprint density at radius 1 is 0.944 bits per heavy atom. The fourth-order valence-electron chi connectivity index (χ4n) is 2.41. The van der Waals surface area contributed by atoms with E-state index in [1.807, 2.05) is 30.3 Å². The lowest BCUT2D eigenvalue weighted by Crippen LogP contribution is -2.02. The number of nitrogens with zero attached hydrogens (tertiary/aromatic N) is 2. The first-order valence-electron chi connectivity index (χ1n) is 6.00. The maximum Gasteiger partial charge on any atom is 0.157 e. The summed E-state index contributed by atoms with van der Waals surface area (Å²) in [7, 11) is 0. The number of aromatic nitrogens is 2. The Labute approximate surface area is 104 Å². The standard InChI is InChI=1S/C15H11N3/c1-2-6-11-10(5-1)9-16-14(11)15-17-12-7-3-4-8-13(12)18-15/h1-8H,9H2,(H,17,18). The molecule has 0 aliphatic carbocycles. The number of hydrogen-bond acceptors (Lipinski definition) is 2. The molecule has 4 rings (SSSR count). The van der Waals surface area contributed by atoms with E-state index in [1.165, 1.54) is 11.1 Å². The van der Waals surface area contributed by atoms with Gasteiger partial charge in [0.25, 0.3) is 0 Å². The molecule has 3 nitrogen and oxygen atoms in total. The fourth-order valence-corrected chi connectivity index (χ4v) is 2.41. The van der Waals surface area contributed by atoms with Crippen molar-refractivity contribution in [3.8, 4) is 0 Å². The molecule has 1 N–H and O–H groups in total. The Morgan fingerprint density at radius 3 is 2.72 bits per heavy atom. The lowest BCUT2D eigenvalue weighted by Gasteiger charge is -1.99. The number of para-hydroxylation sites is 2. The monoisotopic (exact) mass is 233 g/mol. The second kappa shape index (κ2) is 3.53. The van der Waals surface area contributed by atoms with Gasteiger partial charge in [-0.3, -0.25) is 4.99 Å². The molecular formula is C15H11N3. The van der Waals surface area contributed by atoms with Crippen LogP contribution in [-0.4, -0.2) is 15.7 Å². The minimum absolute atomic E-state index is 0.753. The Hall–Kier alpha value is -2.42. The van der Waals surface area contributed by atoms with Crippen molar-refractivity contribution in [2.45, 2.75) is 6.54 Å². The van der Waals surface area contributed by atoms with E-state index in [0.717, 1.165) is 29.1 Å². The van der Waals surface area contributed by atoms with Gasteiger partial charge < -0.3 is 4.98 Å². The summed E-state index contributed by atoms with van der Waals surface area (Å²) in [6.07, 6.45) is 0. The quantitative estimate of drug-likeness (QED) is 0.689. The van der Waals surface area contributed by atoms with Crippen molar-refractivity contribution in [2.75, 3.05) is 0 Å². The molecule has 0 radical (unpaired) electrons. The van der Waals surface area contributed by atoms with Gasteiger partial charge >= 0.3 is 0 Å². The van der Waals surface area contributed by atoms with Crippen molar-refractivity contribution in [3.05, 3.63) is 65.5 Å². The second-order valence-electron chi connectivity index (χ2n) is 4.42. The molecule has 0 atom stereocenters. The molecule has 18 heavy (non-hydrogen) atoms. The maximum atomic E-state index is 4.61. The number of rotatable bonds is 1. The van der Waals surface area contributed by atoms with Gasteiger partial charge in [-0.05, 0) is 17.7 Å². The van der Waals surface area contributed by atoms with E-state index in [0.29, 0.717) is 0 Å². The van der Waals surface area contributed by atoms with Crippen LogP contribution in [0.3, 0.4) is 0 Å². The first kappa shape index (κ1) is 9.59. The topological polar surface area (TPSA) is 41.0 Å². The normalized spacial score (nSPS) is 13.7. The molecular weight excluding hydrogens is 222 g/mol. The van der Waals surface area contributed by atoms with Crippen LogP contribution in [0.25, 0.3) is 11.0 Å². The predicted octanol–water partition coefficient (Wildman–Crippen LogP) is 2.91. The zero-order chi connectivity index (χ0) is 11.9. The number of aliphatic imine (C=N–C) groups is 1. The van der Waals surface area contributed by atoms with Crippen molar-refractivity contribution in [3.63, 3.8) is 0 Å². The molecule has 0 fully saturated rings. The molecule has 0 amide bonds. The highest BCUT2D eigenvalue weighted by Crippen LogP contribution is 2.22. The third-order valence-corrected chi connectivity index (χ3v) is 3.29. The van der Waals surface area contributed by atoms with E-state index in [9.17, 15) is 0 Å². The van der Waals surface area contributed by atoms with E-state index in [4.69, 9.17) is 0 Å². The van der Waals surface area contributed by atoms with E-state index in [1.54, 1.807) is 0 Å². The van der Waals surface area contributed by atoms with E-state index < -0.39 is 0 Å². The molecule has 2 heterocycles. The summed E-state index contributed by atoms with van der Waals surface area (Å²) in [5.41, 5.74) is 5.48.